The smallest absolute Gasteiger partial charge is 0.311 e. The lowest BCUT2D eigenvalue weighted by molar-refractivity contribution is -0.158. The van der Waals surface area contributed by atoms with Crippen LogP contribution in [0.15, 0.2) is 0 Å². The third kappa shape index (κ3) is 9.97. The number of carbonyl (C=O) groups excluding carboxylic acids is 1. The summed E-state index contributed by atoms with van der Waals surface area (Å²) in [7, 11) is 0. The molecule has 3 heteroatoms. The SMILES string of the molecule is CCC(C)(C)C(=O)OC(C)C.CCOCC. The Morgan fingerprint density at radius 2 is 1.56 bits per heavy atom. The largest absolute Gasteiger partial charge is 0.463 e. The van der Waals surface area contributed by atoms with E-state index in [-0.39, 0.29) is 17.5 Å². The van der Waals surface area contributed by atoms with E-state index in [4.69, 9.17) is 9.47 Å². The second kappa shape index (κ2) is 9.64. The number of carbonyl (C=O) groups is 1. The van der Waals surface area contributed by atoms with E-state index in [1.165, 1.54) is 0 Å². The molecule has 0 heterocycles. The van der Waals surface area contributed by atoms with Crippen molar-refractivity contribution in [3.63, 3.8) is 0 Å². The van der Waals surface area contributed by atoms with Crippen molar-refractivity contribution in [2.45, 2.75) is 61.0 Å². The standard InChI is InChI=1S/C9H18O2.C4H10O/c1-6-9(4,5)8(10)11-7(2)3;1-3-5-4-2/h7H,6H2,1-5H3;3-4H2,1-2H3. The quantitative estimate of drug-likeness (QED) is 0.681. The molecule has 0 aromatic heterocycles. The molecule has 0 aromatic carbocycles. The molecule has 0 fully saturated rings. The zero-order valence-electron chi connectivity index (χ0n) is 11.9. The van der Waals surface area contributed by atoms with E-state index in [1.807, 2.05) is 48.5 Å². The van der Waals surface area contributed by atoms with E-state index in [1.54, 1.807) is 0 Å². The molecule has 0 aliphatic rings. The van der Waals surface area contributed by atoms with Crippen molar-refractivity contribution < 1.29 is 14.3 Å². The number of ether oxygens (including phenoxy) is 2. The molecule has 0 saturated heterocycles. The van der Waals surface area contributed by atoms with Crippen LogP contribution in [-0.2, 0) is 14.3 Å². The van der Waals surface area contributed by atoms with Crippen LogP contribution < -0.4 is 0 Å². The monoisotopic (exact) mass is 232 g/mol. The maximum absolute atomic E-state index is 11.3. The highest BCUT2D eigenvalue weighted by atomic mass is 16.5. The molecule has 98 valence electrons. The second-order valence-corrected chi connectivity index (χ2v) is 4.47. The lowest BCUT2D eigenvalue weighted by Gasteiger charge is -2.21. The van der Waals surface area contributed by atoms with E-state index in [9.17, 15) is 4.79 Å². The first-order valence-electron chi connectivity index (χ1n) is 6.10. The van der Waals surface area contributed by atoms with Gasteiger partial charge in [0.25, 0.3) is 0 Å². The molecule has 0 amide bonds. The van der Waals surface area contributed by atoms with Gasteiger partial charge in [-0.15, -0.1) is 0 Å². The van der Waals surface area contributed by atoms with Gasteiger partial charge in [-0.3, -0.25) is 4.79 Å². The molecule has 0 spiro atoms. The molecule has 0 rings (SSSR count). The fraction of sp³-hybridized carbons (Fsp3) is 0.923. The summed E-state index contributed by atoms with van der Waals surface area (Å²) in [5.41, 5.74) is -0.329. The molecule has 3 nitrogen and oxygen atoms in total. The Balaban J connectivity index is 0. The fourth-order valence-corrected chi connectivity index (χ4v) is 0.722. The van der Waals surface area contributed by atoms with Crippen molar-refractivity contribution in [3.8, 4) is 0 Å². The van der Waals surface area contributed by atoms with Crippen molar-refractivity contribution in [2.24, 2.45) is 5.41 Å². The summed E-state index contributed by atoms with van der Waals surface area (Å²) < 4.78 is 9.90. The van der Waals surface area contributed by atoms with Crippen LogP contribution in [0.2, 0.25) is 0 Å². The Bertz CT molecular complexity index is 172. The van der Waals surface area contributed by atoms with Gasteiger partial charge < -0.3 is 9.47 Å². The topological polar surface area (TPSA) is 35.5 Å². The van der Waals surface area contributed by atoms with Crippen LogP contribution in [0, 0.1) is 5.41 Å². The van der Waals surface area contributed by atoms with Gasteiger partial charge in [0, 0.05) is 13.2 Å². The number of hydrogen-bond acceptors (Lipinski definition) is 3. The first-order valence-corrected chi connectivity index (χ1v) is 6.10. The van der Waals surface area contributed by atoms with Gasteiger partial charge in [-0.2, -0.15) is 0 Å². The van der Waals surface area contributed by atoms with Crippen molar-refractivity contribution in [1.82, 2.24) is 0 Å². The Labute approximate surface area is 101 Å². The van der Waals surface area contributed by atoms with Gasteiger partial charge in [0.05, 0.1) is 11.5 Å². The first-order chi connectivity index (χ1) is 7.31. The van der Waals surface area contributed by atoms with Crippen LogP contribution in [0.25, 0.3) is 0 Å². The third-order valence-corrected chi connectivity index (χ3v) is 2.19. The van der Waals surface area contributed by atoms with Crippen LogP contribution in [0.5, 0.6) is 0 Å². The highest BCUT2D eigenvalue weighted by Gasteiger charge is 2.27. The van der Waals surface area contributed by atoms with Crippen molar-refractivity contribution >= 4 is 5.97 Å². The Morgan fingerprint density at radius 3 is 1.75 bits per heavy atom. The molecule has 0 N–H and O–H groups in total. The predicted octanol–water partition coefficient (Wildman–Crippen LogP) is 3.42. The zero-order valence-corrected chi connectivity index (χ0v) is 11.9. The summed E-state index contributed by atoms with van der Waals surface area (Å²) in [6.45, 7) is 15.2. The molecule has 0 unspecified atom stereocenters. The van der Waals surface area contributed by atoms with E-state index in [2.05, 4.69) is 0 Å². The summed E-state index contributed by atoms with van der Waals surface area (Å²) in [6, 6.07) is 0. The summed E-state index contributed by atoms with van der Waals surface area (Å²) >= 11 is 0. The van der Waals surface area contributed by atoms with E-state index in [0.717, 1.165) is 19.6 Å². The normalized spacial score (nSPS) is 10.8. The minimum atomic E-state index is -0.329. The second-order valence-electron chi connectivity index (χ2n) is 4.47. The average molecular weight is 232 g/mol. The summed E-state index contributed by atoms with van der Waals surface area (Å²) in [6.07, 6.45) is 0.812. The van der Waals surface area contributed by atoms with Crippen molar-refractivity contribution in [1.29, 1.82) is 0 Å². The molecular formula is C13H28O3. The lowest BCUT2D eigenvalue weighted by atomic mass is 9.91. The van der Waals surface area contributed by atoms with E-state index in [0.29, 0.717) is 0 Å². The van der Waals surface area contributed by atoms with Crippen molar-refractivity contribution in [2.75, 3.05) is 13.2 Å². The highest BCUT2D eigenvalue weighted by molar-refractivity contribution is 5.75. The van der Waals surface area contributed by atoms with E-state index >= 15 is 0 Å². The van der Waals surface area contributed by atoms with Crippen LogP contribution in [-0.4, -0.2) is 25.3 Å². The van der Waals surface area contributed by atoms with Crippen molar-refractivity contribution in [3.05, 3.63) is 0 Å². The maximum atomic E-state index is 11.3. The molecule has 16 heavy (non-hydrogen) atoms. The summed E-state index contributed by atoms with van der Waals surface area (Å²) in [5.74, 6) is -0.102. The summed E-state index contributed by atoms with van der Waals surface area (Å²) in [4.78, 5) is 11.3. The number of rotatable bonds is 5. The van der Waals surface area contributed by atoms with Crippen LogP contribution in [0.1, 0.15) is 54.9 Å². The molecule has 0 aliphatic heterocycles. The molecule has 0 atom stereocenters. The van der Waals surface area contributed by atoms with Crippen LogP contribution in [0.4, 0.5) is 0 Å². The Kier molecular flexibility index (Phi) is 10.7. The Morgan fingerprint density at radius 1 is 1.12 bits per heavy atom. The van der Waals surface area contributed by atoms with E-state index < -0.39 is 0 Å². The van der Waals surface area contributed by atoms with Gasteiger partial charge in [-0.25, -0.2) is 0 Å². The molecule has 0 aromatic rings. The molecule has 0 aliphatic carbocycles. The van der Waals surface area contributed by atoms with Gasteiger partial charge in [-0.05, 0) is 48.0 Å². The Hall–Kier alpha value is -0.570. The zero-order chi connectivity index (χ0) is 13.2. The highest BCUT2D eigenvalue weighted by Crippen LogP contribution is 2.21. The number of hydrogen-bond donors (Lipinski definition) is 0. The van der Waals surface area contributed by atoms with Crippen LogP contribution >= 0.6 is 0 Å². The molecule has 0 radical (unpaired) electrons. The minimum Gasteiger partial charge on any atom is -0.463 e. The average Bonchev–Trinajstić information content (AvgIpc) is 2.19. The fourth-order valence-electron chi connectivity index (χ4n) is 0.722. The number of esters is 1. The maximum Gasteiger partial charge on any atom is 0.311 e. The predicted molar refractivity (Wildman–Crippen MR) is 67.5 cm³/mol. The minimum absolute atomic E-state index is 0.00618. The van der Waals surface area contributed by atoms with Gasteiger partial charge in [-0.1, -0.05) is 6.92 Å². The first kappa shape index (κ1) is 17.8. The van der Waals surface area contributed by atoms with Gasteiger partial charge in [0.2, 0.25) is 0 Å². The van der Waals surface area contributed by atoms with Crippen LogP contribution in [0.3, 0.4) is 0 Å². The molecule has 0 saturated carbocycles. The summed E-state index contributed by atoms with van der Waals surface area (Å²) in [5, 5.41) is 0. The van der Waals surface area contributed by atoms with Gasteiger partial charge in [0.1, 0.15) is 0 Å². The van der Waals surface area contributed by atoms with Gasteiger partial charge in [0.15, 0.2) is 0 Å². The lowest BCUT2D eigenvalue weighted by Crippen LogP contribution is -2.28. The molecule has 0 bridgehead atoms. The third-order valence-electron chi connectivity index (χ3n) is 2.19. The molecular weight excluding hydrogens is 204 g/mol. The van der Waals surface area contributed by atoms with Gasteiger partial charge >= 0.3 is 5.97 Å².